The summed E-state index contributed by atoms with van der Waals surface area (Å²) in [6.45, 7) is 14.0. The Kier molecular flexibility index (Phi) is 4.92. The maximum atomic E-state index is 13.6. The van der Waals surface area contributed by atoms with Crippen molar-refractivity contribution < 1.29 is 4.39 Å². The molecular formula is C18H29FN2. The van der Waals surface area contributed by atoms with E-state index >= 15 is 0 Å². The summed E-state index contributed by atoms with van der Waals surface area (Å²) in [4.78, 5) is 2.42. The molecule has 2 nitrogen and oxygen atoms in total. The molecule has 2 rings (SSSR count). The number of rotatable bonds is 4. The van der Waals surface area contributed by atoms with E-state index in [0.717, 1.165) is 25.2 Å². The predicted octanol–water partition coefficient (Wildman–Crippen LogP) is 4.20. The van der Waals surface area contributed by atoms with Gasteiger partial charge in [-0.15, -0.1) is 0 Å². The molecule has 1 atom stereocenters. The molecule has 1 aliphatic heterocycles. The molecule has 1 saturated heterocycles. The zero-order chi connectivity index (χ0) is 15.6. The SMILES string of the molecule is CC(C)NCc1cc(F)ccc1N1CCC(C(C)(C)C)C1. The Hall–Kier alpha value is -1.09. The van der Waals surface area contributed by atoms with E-state index in [1.807, 2.05) is 6.07 Å². The summed E-state index contributed by atoms with van der Waals surface area (Å²) in [6.07, 6.45) is 1.22. The summed E-state index contributed by atoms with van der Waals surface area (Å²) in [5.41, 5.74) is 2.60. The first-order valence-electron chi connectivity index (χ1n) is 8.04. The minimum atomic E-state index is -0.147. The highest BCUT2D eigenvalue weighted by molar-refractivity contribution is 5.54. The Morgan fingerprint density at radius 3 is 2.62 bits per heavy atom. The van der Waals surface area contributed by atoms with Gasteiger partial charge in [0.25, 0.3) is 0 Å². The Bertz CT molecular complexity index is 477. The summed E-state index contributed by atoms with van der Waals surface area (Å²) in [5, 5.41) is 3.40. The average molecular weight is 292 g/mol. The number of nitrogens with zero attached hydrogens (tertiary/aromatic N) is 1. The quantitative estimate of drug-likeness (QED) is 0.895. The lowest BCUT2D eigenvalue weighted by molar-refractivity contribution is 0.263. The Labute approximate surface area is 128 Å². The lowest BCUT2D eigenvalue weighted by Gasteiger charge is -2.28. The van der Waals surface area contributed by atoms with Crippen molar-refractivity contribution in [2.75, 3.05) is 18.0 Å². The molecule has 0 saturated carbocycles. The fourth-order valence-electron chi connectivity index (χ4n) is 3.00. The lowest BCUT2D eigenvalue weighted by atomic mass is 9.80. The Morgan fingerprint density at radius 2 is 2.05 bits per heavy atom. The first-order valence-corrected chi connectivity index (χ1v) is 8.04. The van der Waals surface area contributed by atoms with Gasteiger partial charge in [-0.2, -0.15) is 0 Å². The second-order valence-corrected chi connectivity index (χ2v) is 7.61. The molecule has 21 heavy (non-hydrogen) atoms. The van der Waals surface area contributed by atoms with E-state index in [-0.39, 0.29) is 5.82 Å². The second-order valence-electron chi connectivity index (χ2n) is 7.61. The van der Waals surface area contributed by atoms with E-state index in [1.54, 1.807) is 12.1 Å². The van der Waals surface area contributed by atoms with Crippen LogP contribution in [0.3, 0.4) is 0 Å². The molecule has 1 fully saturated rings. The summed E-state index contributed by atoms with van der Waals surface area (Å²) < 4.78 is 13.6. The number of halogens is 1. The van der Waals surface area contributed by atoms with Crippen LogP contribution in [-0.2, 0) is 6.54 Å². The first kappa shape index (κ1) is 16.3. The normalized spacial score (nSPS) is 19.6. The van der Waals surface area contributed by atoms with Crippen LogP contribution in [0.5, 0.6) is 0 Å². The third-order valence-corrected chi connectivity index (χ3v) is 4.50. The van der Waals surface area contributed by atoms with Crippen LogP contribution in [0.2, 0.25) is 0 Å². The molecule has 1 aliphatic rings. The van der Waals surface area contributed by atoms with E-state index in [2.05, 4.69) is 44.8 Å². The van der Waals surface area contributed by atoms with Gasteiger partial charge in [-0.1, -0.05) is 34.6 Å². The molecule has 118 valence electrons. The molecule has 1 aromatic carbocycles. The molecule has 1 heterocycles. The van der Waals surface area contributed by atoms with E-state index in [1.165, 1.54) is 12.1 Å². The lowest BCUT2D eigenvalue weighted by Crippen LogP contribution is -2.28. The second kappa shape index (κ2) is 6.35. The monoisotopic (exact) mass is 292 g/mol. The molecule has 1 aromatic rings. The molecule has 0 amide bonds. The smallest absolute Gasteiger partial charge is 0.123 e. The van der Waals surface area contributed by atoms with Crippen LogP contribution in [0.4, 0.5) is 10.1 Å². The van der Waals surface area contributed by atoms with Gasteiger partial charge < -0.3 is 10.2 Å². The van der Waals surface area contributed by atoms with Gasteiger partial charge in [-0.3, -0.25) is 0 Å². The molecule has 0 spiro atoms. The van der Waals surface area contributed by atoms with Crippen molar-refractivity contribution in [3.8, 4) is 0 Å². The summed E-state index contributed by atoms with van der Waals surface area (Å²) in [7, 11) is 0. The highest BCUT2D eigenvalue weighted by Gasteiger charge is 2.32. The van der Waals surface area contributed by atoms with Gasteiger partial charge in [0.1, 0.15) is 5.82 Å². The van der Waals surface area contributed by atoms with Crippen molar-refractivity contribution in [3.05, 3.63) is 29.6 Å². The number of hydrogen-bond donors (Lipinski definition) is 1. The molecule has 0 aliphatic carbocycles. The van der Waals surface area contributed by atoms with Crippen molar-refractivity contribution in [1.29, 1.82) is 0 Å². The Balaban J connectivity index is 2.16. The van der Waals surface area contributed by atoms with Gasteiger partial charge in [0.2, 0.25) is 0 Å². The van der Waals surface area contributed by atoms with Crippen molar-refractivity contribution >= 4 is 5.69 Å². The molecular weight excluding hydrogens is 263 g/mol. The van der Waals surface area contributed by atoms with Gasteiger partial charge in [-0.25, -0.2) is 4.39 Å². The molecule has 0 bridgehead atoms. The average Bonchev–Trinajstić information content (AvgIpc) is 2.85. The van der Waals surface area contributed by atoms with Gasteiger partial charge in [0, 0.05) is 31.4 Å². The molecule has 3 heteroatoms. The van der Waals surface area contributed by atoms with Crippen LogP contribution in [0.1, 0.15) is 46.6 Å². The predicted molar refractivity (Wildman–Crippen MR) is 88.2 cm³/mol. The van der Waals surface area contributed by atoms with Crippen LogP contribution in [-0.4, -0.2) is 19.1 Å². The minimum absolute atomic E-state index is 0.147. The molecule has 0 aromatic heterocycles. The van der Waals surface area contributed by atoms with E-state index < -0.39 is 0 Å². The van der Waals surface area contributed by atoms with Crippen LogP contribution >= 0.6 is 0 Å². The minimum Gasteiger partial charge on any atom is -0.371 e. The number of benzene rings is 1. The van der Waals surface area contributed by atoms with E-state index in [9.17, 15) is 4.39 Å². The highest BCUT2D eigenvalue weighted by atomic mass is 19.1. The fourth-order valence-corrected chi connectivity index (χ4v) is 3.00. The van der Waals surface area contributed by atoms with E-state index in [0.29, 0.717) is 17.4 Å². The van der Waals surface area contributed by atoms with Crippen molar-refractivity contribution in [3.63, 3.8) is 0 Å². The van der Waals surface area contributed by atoms with Crippen LogP contribution in [0, 0.1) is 17.2 Å². The number of hydrogen-bond acceptors (Lipinski definition) is 2. The third-order valence-electron chi connectivity index (χ3n) is 4.50. The highest BCUT2D eigenvalue weighted by Crippen LogP contribution is 2.36. The zero-order valence-electron chi connectivity index (χ0n) is 14.0. The number of nitrogens with one attached hydrogen (secondary N) is 1. The van der Waals surface area contributed by atoms with E-state index in [4.69, 9.17) is 0 Å². The van der Waals surface area contributed by atoms with Gasteiger partial charge in [0.05, 0.1) is 0 Å². The standard InChI is InChI=1S/C18H29FN2/c1-13(2)20-11-14-10-16(19)6-7-17(14)21-9-8-15(12-21)18(3,4)5/h6-7,10,13,15,20H,8-9,11-12H2,1-5H3. The molecule has 1 N–H and O–H groups in total. The van der Waals surface area contributed by atoms with Crippen molar-refractivity contribution in [2.45, 2.75) is 53.6 Å². The largest absolute Gasteiger partial charge is 0.371 e. The zero-order valence-corrected chi connectivity index (χ0v) is 14.0. The van der Waals surface area contributed by atoms with Crippen LogP contribution in [0.25, 0.3) is 0 Å². The van der Waals surface area contributed by atoms with Crippen LogP contribution in [0.15, 0.2) is 18.2 Å². The summed E-state index contributed by atoms with van der Waals surface area (Å²) in [5.74, 6) is 0.555. The molecule has 0 radical (unpaired) electrons. The van der Waals surface area contributed by atoms with Crippen molar-refractivity contribution in [2.24, 2.45) is 11.3 Å². The van der Waals surface area contributed by atoms with Crippen molar-refractivity contribution in [1.82, 2.24) is 5.32 Å². The number of anilines is 1. The van der Waals surface area contributed by atoms with Crippen LogP contribution < -0.4 is 10.2 Å². The van der Waals surface area contributed by atoms with Gasteiger partial charge >= 0.3 is 0 Å². The summed E-state index contributed by atoms with van der Waals surface area (Å²) in [6, 6.07) is 5.60. The van der Waals surface area contributed by atoms with Gasteiger partial charge in [-0.05, 0) is 41.5 Å². The summed E-state index contributed by atoms with van der Waals surface area (Å²) >= 11 is 0. The Morgan fingerprint density at radius 1 is 1.33 bits per heavy atom. The first-order chi connectivity index (χ1) is 9.77. The molecule has 1 unspecified atom stereocenters. The van der Waals surface area contributed by atoms with Gasteiger partial charge in [0.15, 0.2) is 0 Å². The topological polar surface area (TPSA) is 15.3 Å². The third kappa shape index (κ3) is 4.19. The maximum absolute atomic E-state index is 13.6. The fraction of sp³-hybridized carbons (Fsp3) is 0.667. The maximum Gasteiger partial charge on any atom is 0.123 e.